The molecule has 0 spiro atoms. The molecular weight excluding hydrogens is 148 g/mol. The van der Waals surface area contributed by atoms with Crippen molar-refractivity contribution in [2.75, 3.05) is 0 Å². The summed E-state index contributed by atoms with van der Waals surface area (Å²) in [5, 5.41) is 0. The molecular formula is C11H18O. The van der Waals surface area contributed by atoms with Crippen molar-refractivity contribution >= 4 is 6.29 Å². The average molecular weight is 166 g/mol. The summed E-state index contributed by atoms with van der Waals surface area (Å²) in [6, 6.07) is 0. The van der Waals surface area contributed by atoms with Crippen LogP contribution in [0.2, 0.25) is 0 Å². The van der Waals surface area contributed by atoms with Crippen LogP contribution >= 0.6 is 0 Å². The molecule has 2 aliphatic carbocycles. The molecule has 0 N–H and O–H groups in total. The van der Waals surface area contributed by atoms with Gasteiger partial charge >= 0.3 is 0 Å². The maximum atomic E-state index is 10.8. The second kappa shape index (κ2) is 3.20. The summed E-state index contributed by atoms with van der Waals surface area (Å²) >= 11 is 0. The highest BCUT2D eigenvalue weighted by Gasteiger charge is 2.37. The first-order chi connectivity index (χ1) is 5.85. The zero-order valence-corrected chi connectivity index (χ0v) is 7.72. The lowest BCUT2D eigenvalue weighted by Gasteiger charge is -2.38. The van der Waals surface area contributed by atoms with Crippen molar-refractivity contribution in [3.63, 3.8) is 0 Å². The molecule has 0 aromatic heterocycles. The van der Waals surface area contributed by atoms with Gasteiger partial charge < -0.3 is 4.79 Å². The van der Waals surface area contributed by atoms with E-state index in [4.69, 9.17) is 0 Å². The van der Waals surface area contributed by atoms with Crippen LogP contribution in [0.1, 0.15) is 51.4 Å². The zero-order valence-electron chi connectivity index (χ0n) is 7.72. The van der Waals surface area contributed by atoms with Gasteiger partial charge in [-0.05, 0) is 31.6 Å². The van der Waals surface area contributed by atoms with Gasteiger partial charge in [0.25, 0.3) is 0 Å². The lowest BCUT2D eigenvalue weighted by atomic mass is 9.65. The predicted octanol–water partition coefficient (Wildman–Crippen LogP) is 2.94. The quantitative estimate of drug-likeness (QED) is 0.587. The van der Waals surface area contributed by atoms with Gasteiger partial charge in [0.1, 0.15) is 6.29 Å². The molecule has 0 amide bonds. The van der Waals surface area contributed by atoms with Crippen LogP contribution in [0.4, 0.5) is 0 Å². The van der Waals surface area contributed by atoms with E-state index >= 15 is 0 Å². The molecule has 2 aliphatic rings. The number of hydrogen-bond donors (Lipinski definition) is 0. The van der Waals surface area contributed by atoms with Gasteiger partial charge in [0, 0.05) is 5.41 Å². The predicted molar refractivity (Wildman–Crippen MR) is 48.9 cm³/mol. The van der Waals surface area contributed by atoms with Crippen molar-refractivity contribution in [1.29, 1.82) is 0 Å². The third-order valence-corrected chi connectivity index (χ3v) is 3.87. The van der Waals surface area contributed by atoms with Gasteiger partial charge in [-0.25, -0.2) is 0 Å². The van der Waals surface area contributed by atoms with Gasteiger partial charge in [-0.2, -0.15) is 0 Å². The van der Waals surface area contributed by atoms with E-state index in [9.17, 15) is 4.79 Å². The molecule has 0 aromatic carbocycles. The summed E-state index contributed by atoms with van der Waals surface area (Å²) in [5.41, 5.74) is 0.148. The Morgan fingerprint density at radius 2 is 2.00 bits per heavy atom. The van der Waals surface area contributed by atoms with E-state index in [1.54, 1.807) is 0 Å². The fraction of sp³-hybridized carbons (Fsp3) is 0.909. The minimum absolute atomic E-state index is 0.148. The Balaban J connectivity index is 1.72. The fourth-order valence-corrected chi connectivity index (χ4v) is 2.33. The van der Waals surface area contributed by atoms with E-state index < -0.39 is 0 Å². The normalized spacial score (nSPS) is 27.3. The lowest BCUT2D eigenvalue weighted by Crippen LogP contribution is -2.32. The molecule has 0 heterocycles. The third-order valence-electron chi connectivity index (χ3n) is 3.87. The smallest absolute Gasteiger partial charge is 0.126 e. The van der Waals surface area contributed by atoms with Crippen LogP contribution < -0.4 is 0 Å². The van der Waals surface area contributed by atoms with Crippen molar-refractivity contribution in [1.82, 2.24) is 0 Å². The molecule has 1 heteroatoms. The number of carbonyl (C=O) groups is 1. The molecule has 2 rings (SSSR count). The largest absolute Gasteiger partial charge is 0.303 e. The summed E-state index contributed by atoms with van der Waals surface area (Å²) in [6.07, 6.45) is 11.6. The minimum atomic E-state index is 0.148. The van der Waals surface area contributed by atoms with Crippen molar-refractivity contribution < 1.29 is 4.79 Å². The fourth-order valence-electron chi connectivity index (χ4n) is 2.33. The van der Waals surface area contributed by atoms with Crippen LogP contribution in [-0.4, -0.2) is 6.29 Å². The summed E-state index contributed by atoms with van der Waals surface area (Å²) in [4.78, 5) is 10.8. The summed E-state index contributed by atoms with van der Waals surface area (Å²) in [5.74, 6) is 0.974. The number of hydrogen-bond acceptors (Lipinski definition) is 1. The molecule has 0 bridgehead atoms. The molecule has 68 valence electrons. The van der Waals surface area contributed by atoms with E-state index in [-0.39, 0.29) is 5.41 Å². The molecule has 0 saturated heterocycles. The van der Waals surface area contributed by atoms with Gasteiger partial charge in [-0.1, -0.05) is 25.7 Å². The molecule has 0 unspecified atom stereocenters. The monoisotopic (exact) mass is 166 g/mol. The first kappa shape index (κ1) is 8.28. The molecule has 1 nitrogen and oxygen atoms in total. The Hall–Kier alpha value is -0.330. The third kappa shape index (κ3) is 1.41. The summed E-state index contributed by atoms with van der Waals surface area (Å²) in [6.45, 7) is 0. The van der Waals surface area contributed by atoms with Crippen LogP contribution in [0.3, 0.4) is 0 Å². The zero-order chi connectivity index (χ0) is 8.44. The maximum Gasteiger partial charge on any atom is 0.126 e. The molecule has 2 saturated carbocycles. The van der Waals surface area contributed by atoms with E-state index in [0.717, 1.165) is 5.92 Å². The van der Waals surface area contributed by atoms with E-state index in [2.05, 4.69) is 0 Å². The highest BCUT2D eigenvalue weighted by molar-refractivity contribution is 5.60. The average Bonchev–Trinajstić information content (AvgIpc) is 1.91. The maximum absolute atomic E-state index is 10.8. The summed E-state index contributed by atoms with van der Waals surface area (Å²) in [7, 11) is 0. The minimum Gasteiger partial charge on any atom is -0.303 e. The van der Waals surface area contributed by atoms with Gasteiger partial charge in [-0.3, -0.25) is 0 Å². The van der Waals surface area contributed by atoms with Crippen LogP contribution in [0.5, 0.6) is 0 Å². The standard InChI is InChI=1S/C11H18O/c12-9-11(6-2-7-11)8-5-10-3-1-4-10/h9-10H,1-8H2. The first-order valence-corrected chi connectivity index (χ1v) is 5.31. The lowest BCUT2D eigenvalue weighted by molar-refractivity contribution is -0.121. The van der Waals surface area contributed by atoms with E-state index in [1.807, 2.05) is 0 Å². The Labute approximate surface area is 74.5 Å². The Bertz CT molecular complexity index is 166. The second-order valence-electron chi connectivity index (χ2n) is 4.67. The second-order valence-corrected chi connectivity index (χ2v) is 4.67. The number of carbonyl (C=O) groups excluding carboxylic acids is 1. The van der Waals surface area contributed by atoms with Gasteiger partial charge in [0.2, 0.25) is 0 Å². The molecule has 12 heavy (non-hydrogen) atoms. The van der Waals surface area contributed by atoms with Crippen LogP contribution in [0, 0.1) is 11.3 Å². The van der Waals surface area contributed by atoms with E-state index in [1.165, 1.54) is 57.7 Å². The van der Waals surface area contributed by atoms with Crippen molar-refractivity contribution in [3.8, 4) is 0 Å². The Morgan fingerprint density at radius 3 is 2.33 bits per heavy atom. The van der Waals surface area contributed by atoms with Crippen molar-refractivity contribution in [2.45, 2.75) is 51.4 Å². The molecule has 0 aliphatic heterocycles. The van der Waals surface area contributed by atoms with Gasteiger partial charge in [0.05, 0.1) is 0 Å². The molecule has 0 atom stereocenters. The first-order valence-electron chi connectivity index (χ1n) is 5.31. The van der Waals surface area contributed by atoms with Gasteiger partial charge in [0.15, 0.2) is 0 Å². The summed E-state index contributed by atoms with van der Waals surface area (Å²) < 4.78 is 0. The Kier molecular flexibility index (Phi) is 2.20. The highest BCUT2D eigenvalue weighted by Crippen LogP contribution is 2.45. The van der Waals surface area contributed by atoms with Crippen LogP contribution in [0.15, 0.2) is 0 Å². The molecule has 0 radical (unpaired) electrons. The Morgan fingerprint density at radius 1 is 1.25 bits per heavy atom. The SMILES string of the molecule is O=CC1(CCC2CCC2)CCC1. The van der Waals surface area contributed by atoms with Crippen LogP contribution in [-0.2, 0) is 4.79 Å². The number of rotatable bonds is 4. The van der Waals surface area contributed by atoms with Gasteiger partial charge in [-0.15, -0.1) is 0 Å². The molecule has 0 aromatic rings. The number of aldehydes is 1. The highest BCUT2D eigenvalue weighted by atomic mass is 16.1. The van der Waals surface area contributed by atoms with Crippen LogP contribution in [0.25, 0.3) is 0 Å². The van der Waals surface area contributed by atoms with E-state index in [0.29, 0.717) is 0 Å². The van der Waals surface area contributed by atoms with Crippen molar-refractivity contribution in [2.24, 2.45) is 11.3 Å². The van der Waals surface area contributed by atoms with Crippen molar-refractivity contribution in [3.05, 3.63) is 0 Å². The topological polar surface area (TPSA) is 17.1 Å². The molecule has 2 fully saturated rings.